The van der Waals surface area contributed by atoms with Crippen molar-refractivity contribution in [2.45, 2.75) is 40.5 Å². The first-order valence-electron chi connectivity index (χ1n) is 4.51. The number of carbonyl (C=O) groups is 1. The van der Waals surface area contributed by atoms with Gasteiger partial charge in [-0.25, -0.2) is 0 Å². The Morgan fingerprint density at radius 3 is 2.00 bits per heavy atom. The molecule has 0 rings (SSSR count). The Morgan fingerprint density at radius 2 is 1.73 bits per heavy atom. The van der Waals surface area contributed by atoms with Gasteiger partial charge in [0.25, 0.3) is 0 Å². The Hall–Kier alpha value is -0.330. The summed E-state index contributed by atoms with van der Waals surface area (Å²) in [5, 5.41) is 0. The molecule has 0 spiro atoms. The number of aldehydes is 1. The number of hydrogen-bond acceptors (Lipinski definition) is 1. The van der Waals surface area contributed by atoms with Gasteiger partial charge in [-0.2, -0.15) is 0 Å². The van der Waals surface area contributed by atoms with Gasteiger partial charge < -0.3 is 4.79 Å². The molecule has 0 aliphatic rings. The molecule has 0 radical (unpaired) electrons. The van der Waals surface area contributed by atoms with Crippen molar-refractivity contribution >= 4 is 6.29 Å². The summed E-state index contributed by atoms with van der Waals surface area (Å²) in [5.74, 6) is 1.94. The van der Waals surface area contributed by atoms with E-state index in [1.54, 1.807) is 0 Å². The highest BCUT2D eigenvalue weighted by molar-refractivity contribution is 5.49. The maximum atomic E-state index is 10.3. The van der Waals surface area contributed by atoms with E-state index in [1.807, 2.05) is 0 Å². The highest BCUT2D eigenvalue weighted by Gasteiger charge is 2.13. The lowest BCUT2D eigenvalue weighted by atomic mass is 9.86. The van der Waals surface area contributed by atoms with Crippen LogP contribution in [0.2, 0.25) is 0 Å². The van der Waals surface area contributed by atoms with Gasteiger partial charge in [0.15, 0.2) is 0 Å². The first-order chi connectivity index (χ1) is 5.07. The third-order valence-corrected chi connectivity index (χ3v) is 2.12. The van der Waals surface area contributed by atoms with Gasteiger partial charge in [0.2, 0.25) is 0 Å². The second kappa shape index (κ2) is 5.34. The third kappa shape index (κ3) is 5.00. The fourth-order valence-corrected chi connectivity index (χ4v) is 1.37. The SMILES string of the molecule is CC(C)CC(CC=O)C(C)C. The molecule has 0 bridgehead atoms. The minimum Gasteiger partial charge on any atom is -0.303 e. The molecule has 0 aromatic heterocycles. The zero-order valence-corrected chi connectivity index (χ0v) is 8.13. The molecule has 1 unspecified atom stereocenters. The van der Waals surface area contributed by atoms with Crippen LogP contribution >= 0.6 is 0 Å². The summed E-state index contributed by atoms with van der Waals surface area (Å²) in [5.41, 5.74) is 0. The molecule has 0 aliphatic carbocycles. The van der Waals surface area contributed by atoms with Gasteiger partial charge in [0, 0.05) is 6.42 Å². The van der Waals surface area contributed by atoms with E-state index >= 15 is 0 Å². The van der Waals surface area contributed by atoms with E-state index in [9.17, 15) is 4.79 Å². The molecule has 1 atom stereocenters. The highest BCUT2D eigenvalue weighted by atomic mass is 16.1. The molecule has 0 fully saturated rings. The maximum Gasteiger partial charge on any atom is 0.120 e. The Morgan fingerprint density at radius 1 is 1.18 bits per heavy atom. The Bertz CT molecular complexity index is 105. The molecule has 1 nitrogen and oxygen atoms in total. The quantitative estimate of drug-likeness (QED) is 0.559. The lowest BCUT2D eigenvalue weighted by molar-refractivity contribution is -0.109. The van der Waals surface area contributed by atoms with Crippen LogP contribution in [-0.2, 0) is 4.79 Å². The van der Waals surface area contributed by atoms with Crippen molar-refractivity contribution in [3.63, 3.8) is 0 Å². The van der Waals surface area contributed by atoms with Crippen molar-refractivity contribution in [1.82, 2.24) is 0 Å². The van der Waals surface area contributed by atoms with E-state index in [-0.39, 0.29) is 0 Å². The molecule has 0 aromatic carbocycles. The van der Waals surface area contributed by atoms with Gasteiger partial charge in [0.05, 0.1) is 0 Å². The monoisotopic (exact) mass is 156 g/mol. The van der Waals surface area contributed by atoms with E-state index < -0.39 is 0 Å². The van der Waals surface area contributed by atoms with E-state index in [0.29, 0.717) is 17.8 Å². The minimum atomic E-state index is 0.590. The van der Waals surface area contributed by atoms with Gasteiger partial charge >= 0.3 is 0 Å². The summed E-state index contributed by atoms with van der Waals surface area (Å²) in [7, 11) is 0. The molecule has 0 aromatic rings. The van der Waals surface area contributed by atoms with Gasteiger partial charge in [-0.15, -0.1) is 0 Å². The van der Waals surface area contributed by atoms with Crippen LogP contribution < -0.4 is 0 Å². The fourth-order valence-electron chi connectivity index (χ4n) is 1.37. The van der Waals surface area contributed by atoms with Crippen LogP contribution in [0.1, 0.15) is 40.5 Å². The summed E-state index contributed by atoms with van der Waals surface area (Å²) >= 11 is 0. The topological polar surface area (TPSA) is 17.1 Å². The van der Waals surface area contributed by atoms with Crippen LogP contribution in [0.5, 0.6) is 0 Å². The molecule has 0 aliphatic heterocycles. The molecule has 11 heavy (non-hydrogen) atoms. The van der Waals surface area contributed by atoms with Crippen molar-refractivity contribution in [2.75, 3.05) is 0 Å². The largest absolute Gasteiger partial charge is 0.303 e. The fraction of sp³-hybridized carbons (Fsp3) is 0.900. The molecule has 0 amide bonds. The molecule has 0 saturated heterocycles. The molecule has 0 saturated carbocycles. The number of rotatable bonds is 5. The summed E-state index contributed by atoms with van der Waals surface area (Å²) in [6.45, 7) is 8.80. The smallest absolute Gasteiger partial charge is 0.120 e. The molecule has 66 valence electrons. The lowest BCUT2D eigenvalue weighted by Crippen LogP contribution is -2.12. The predicted molar refractivity (Wildman–Crippen MR) is 48.5 cm³/mol. The van der Waals surface area contributed by atoms with E-state index in [0.717, 1.165) is 12.7 Å². The third-order valence-electron chi connectivity index (χ3n) is 2.12. The lowest BCUT2D eigenvalue weighted by Gasteiger charge is -2.19. The number of hydrogen-bond donors (Lipinski definition) is 0. The highest BCUT2D eigenvalue weighted by Crippen LogP contribution is 2.22. The van der Waals surface area contributed by atoms with Crippen LogP contribution in [-0.4, -0.2) is 6.29 Å². The average Bonchev–Trinajstić information content (AvgIpc) is 1.86. The van der Waals surface area contributed by atoms with Crippen molar-refractivity contribution in [3.8, 4) is 0 Å². The van der Waals surface area contributed by atoms with Crippen molar-refractivity contribution in [1.29, 1.82) is 0 Å². The van der Waals surface area contributed by atoms with Gasteiger partial charge in [0.1, 0.15) is 6.29 Å². The molecular formula is C10H20O. The molecular weight excluding hydrogens is 136 g/mol. The minimum absolute atomic E-state index is 0.590. The predicted octanol–water partition coefficient (Wildman–Crippen LogP) is 2.89. The summed E-state index contributed by atoms with van der Waals surface area (Å²) < 4.78 is 0. The van der Waals surface area contributed by atoms with Crippen LogP contribution in [0, 0.1) is 17.8 Å². The summed E-state index contributed by atoms with van der Waals surface area (Å²) in [4.78, 5) is 10.3. The van der Waals surface area contributed by atoms with E-state index in [1.165, 1.54) is 6.42 Å². The average molecular weight is 156 g/mol. The van der Waals surface area contributed by atoms with Crippen molar-refractivity contribution in [3.05, 3.63) is 0 Å². The molecule has 0 heterocycles. The second-order valence-electron chi connectivity index (χ2n) is 4.04. The van der Waals surface area contributed by atoms with E-state index in [2.05, 4.69) is 27.7 Å². The van der Waals surface area contributed by atoms with Crippen LogP contribution in [0.25, 0.3) is 0 Å². The summed E-state index contributed by atoms with van der Waals surface area (Å²) in [6, 6.07) is 0. The van der Waals surface area contributed by atoms with E-state index in [4.69, 9.17) is 0 Å². The van der Waals surface area contributed by atoms with Crippen LogP contribution in [0.3, 0.4) is 0 Å². The Kier molecular flexibility index (Phi) is 5.18. The first kappa shape index (κ1) is 10.7. The van der Waals surface area contributed by atoms with Crippen LogP contribution in [0.15, 0.2) is 0 Å². The Labute approximate surface area is 70.2 Å². The second-order valence-corrected chi connectivity index (χ2v) is 4.04. The van der Waals surface area contributed by atoms with Gasteiger partial charge in [-0.05, 0) is 24.2 Å². The first-order valence-corrected chi connectivity index (χ1v) is 4.51. The zero-order valence-electron chi connectivity index (χ0n) is 8.13. The van der Waals surface area contributed by atoms with Crippen molar-refractivity contribution < 1.29 is 4.79 Å². The Balaban J connectivity index is 3.78. The molecule has 1 heteroatoms. The maximum absolute atomic E-state index is 10.3. The summed E-state index contributed by atoms with van der Waals surface area (Å²) in [6.07, 6.45) is 2.96. The normalized spacial score (nSPS) is 14.0. The van der Waals surface area contributed by atoms with Crippen LogP contribution in [0.4, 0.5) is 0 Å². The van der Waals surface area contributed by atoms with Gasteiger partial charge in [-0.1, -0.05) is 27.7 Å². The zero-order chi connectivity index (χ0) is 8.85. The van der Waals surface area contributed by atoms with Gasteiger partial charge in [-0.3, -0.25) is 0 Å². The van der Waals surface area contributed by atoms with Crippen molar-refractivity contribution in [2.24, 2.45) is 17.8 Å². The number of carbonyl (C=O) groups excluding carboxylic acids is 1. The molecule has 0 N–H and O–H groups in total. The standard InChI is InChI=1S/C10H20O/c1-8(2)7-10(5-6-11)9(3)4/h6,8-10H,5,7H2,1-4H3.